The van der Waals surface area contributed by atoms with E-state index in [4.69, 9.17) is 4.74 Å². The summed E-state index contributed by atoms with van der Waals surface area (Å²) in [6.07, 6.45) is 0.466. The van der Waals surface area contributed by atoms with Gasteiger partial charge in [0.15, 0.2) is 0 Å². The lowest BCUT2D eigenvalue weighted by Gasteiger charge is -2.19. The standard InChI is InChI=1S/C16H25NO2/c1-6-10-19-16(18)17-15-13(11(2)3)8-7-9-14(15)12(4)5/h7-9,11-12H,6,10H2,1-5H3,(H,17,18). The molecule has 0 atom stereocenters. The Hall–Kier alpha value is -1.51. The average molecular weight is 263 g/mol. The van der Waals surface area contributed by atoms with Crippen LogP contribution < -0.4 is 5.32 Å². The summed E-state index contributed by atoms with van der Waals surface area (Å²) < 4.78 is 5.11. The molecular weight excluding hydrogens is 238 g/mol. The van der Waals surface area contributed by atoms with E-state index in [9.17, 15) is 4.79 Å². The number of amides is 1. The van der Waals surface area contributed by atoms with Gasteiger partial charge in [0, 0.05) is 0 Å². The number of benzene rings is 1. The minimum atomic E-state index is -0.364. The molecule has 1 aromatic carbocycles. The van der Waals surface area contributed by atoms with Crippen LogP contribution in [0.3, 0.4) is 0 Å². The zero-order chi connectivity index (χ0) is 14.4. The van der Waals surface area contributed by atoms with Crippen molar-refractivity contribution in [2.75, 3.05) is 11.9 Å². The predicted molar refractivity (Wildman–Crippen MR) is 79.9 cm³/mol. The van der Waals surface area contributed by atoms with Gasteiger partial charge in [0.1, 0.15) is 0 Å². The third-order valence-corrected chi connectivity index (χ3v) is 3.04. The Morgan fingerprint density at radius 3 is 2.11 bits per heavy atom. The Labute approximate surface area is 116 Å². The second-order valence-corrected chi connectivity index (χ2v) is 5.38. The Morgan fingerprint density at radius 2 is 1.68 bits per heavy atom. The molecule has 0 bridgehead atoms. The molecule has 0 aliphatic heterocycles. The van der Waals surface area contributed by atoms with Crippen molar-refractivity contribution in [3.8, 4) is 0 Å². The second kappa shape index (κ2) is 7.17. The van der Waals surface area contributed by atoms with Gasteiger partial charge in [-0.05, 0) is 29.4 Å². The molecule has 3 nitrogen and oxygen atoms in total. The van der Waals surface area contributed by atoms with Gasteiger partial charge >= 0.3 is 6.09 Å². The van der Waals surface area contributed by atoms with Crippen LogP contribution in [0.1, 0.15) is 64.0 Å². The third kappa shape index (κ3) is 4.27. The van der Waals surface area contributed by atoms with Crippen LogP contribution in [-0.2, 0) is 4.74 Å². The number of ether oxygens (including phenoxy) is 1. The molecule has 0 radical (unpaired) electrons. The van der Waals surface area contributed by atoms with Crippen LogP contribution >= 0.6 is 0 Å². The van der Waals surface area contributed by atoms with Crippen molar-refractivity contribution >= 4 is 11.8 Å². The van der Waals surface area contributed by atoms with Crippen molar-refractivity contribution in [3.05, 3.63) is 29.3 Å². The topological polar surface area (TPSA) is 38.3 Å². The van der Waals surface area contributed by atoms with Gasteiger partial charge in [-0.15, -0.1) is 0 Å². The van der Waals surface area contributed by atoms with E-state index in [0.29, 0.717) is 18.4 Å². The molecule has 19 heavy (non-hydrogen) atoms. The lowest BCUT2D eigenvalue weighted by molar-refractivity contribution is 0.161. The first-order valence-corrected chi connectivity index (χ1v) is 7.03. The number of rotatable bonds is 5. The summed E-state index contributed by atoms with van der Waals surface area (Å²) in [6.45, 7) is 10.9. The summed E-state index contributed by atoms with van der Waals surface area (Å²) in [5.74, 6) is 0.723. The number of carbonyl (C=O) groups is 1. The maximum absolute atomic E-state index is 11.8. The van der Waals surface area contributed by atoms with Crippen LogP contribution in [0.15, 0.2) is 18.2 Å². The molecule has 0 saturated carbocycles. The van der Waals surface area contributed by atoms with Crippen molar-refractivity contribution in [2.45, 2.75) is 52.9 Å². The summed E-state index contributed by atoms with van der Waals surface area (Å²) in [5.41, 5.74) is 3.22. The number of hydrogen-bond acceptors (Lipinski definition) is 2. The molecule has 1 aromatic rings. The van der Waals surface area contributed by atoms with Crippen molar-refractivity contribution in [2.24, 2.45) is 0 Å². The van der Waals surface area contributed by atoms with Crippen molar-refractivity contribution in [3.63, 3.8) is 0 Å². The van der Waals surface area contributed by atoms with Gasteiger partial charge < -0.3 is 4.74 Å². The van der Waals surface area contributed by atoms with Crippen LogP contribution in [0.4, 0.5) is 10.5 Å². The zero-order valence-electron chi connectivity index (χ0n) is 12.6. The fourth-order valence-electron chi connectivity index (χ4n) is 2.03. The number of anilines is 1. The first kappa shape index (κ1) is 15.5. The molecule has 0 unspecified atom stereocenters. The quantitative estimate of drug-likeness (QED) is 0.821. The first-order valence-electron chi connectivity index (χ1n) is 7.03. The Balaban J connectivity index is 3.04. The lowest BCUT2D eigenvalue weighted by atomic mass is 9.93. The van der Waals surface area contributed by atoms with Crippen molar-refractivity contribution in [1.82, 2.24) is 0 Å². The Bertz CT molecular complexity index is 399. The van der Waals surface area contributed by atoms with E-state index in [2.05, 4.69) is 45.1 Å². The maximum atomic E-state index is 11.8. The molecule has 1 amide bonds. The lowest BCUT2D eigenvalue weighted by Crippen LogP contribution is -2.17. The molecule has 0 aromatic heterocycles. The monoisotopic (exact) mass is 263 g/mol. The summed E-state index contributed by atoms with van der Waals surface area (Å²) in [7, 11) is 0. The minimum Gasteiger partial charge on any atom is -0.449 e. The number of carbonyl (C=O) groups excluding carboxylic acids is 1. The van der Waals surface area contributed by atoms with E-state index in [1.54, 1.807) is 0 Å². The second-order valence-electron chi connectivity index (χ2n) is 5.38. The fourth-order valence-corrected chi connectivity index (χ4v) is 2.03. The normalized spacial score (nSPS) is 10.9. The van der Waals surface area contributed by atoms with Gasteiger partial charge in [0.05, 0.1) is 12.3 Å². The summed E-state index contributed by atoms with van der Waals surface area (Å²) in [6, 6.07) is 6.17. The molecule has 1 rings (SSSR count). The Kier molecular flexibility index (Phi) is 5.87. The molecule has 1 N–H and O–H groups in total. The molecule has 0 heterocycles. The van der Waals surface area contributed by atoms with E-state index < -0.39 is 0 Å². The summed E-state index contributed by atoms with van der Waals surface area (Å²) in [5, 5.41) is 2.92. The molecule has 0 aliphatic carbocycles. The van der Waals surface area contributed by atoms with Crippen LogP contribution in [0.25, 0.3) is 0 Å². The number of hydrogen-bond donors (Lipinski definition) is 1. The highest BCUT2D eigenvalue weighted by Gasteiger charge is 2.16. The van der Waals surface area contributed by atoms with E-state index in [-0.39, 0.29) is 6.09 Å². The molecule has 3 heteroatoms. The van der Waals surface area contributed by atoms with E-state index >= 15 is 0 Å². The molecule has 0 spiro atoms. The van der Waals surface area contributed by atoms with Crippen molar-refractivity contribution in [1.29, 1.82) is 0 Å². The molecule has 0 fully saturated rings. The van der Waals surface area contributed by atoms with Crippen molar-refractivity contribution < 1.29 is 9.53 Å². The predicted octanol–water partition coefficient (Wildman–Crippen LogP) is 4.89. The van der Waals surface area contributed by atoms with Gasteiger partial charge in [-0.25, -0.2) is 4.79 Å². The Morgan fingerprint density at radius 1 is 1.16 bits per heavy atom. The largest absolute Gasteiger partial charge is 0.449 e. The summed E-state index contributed by atoms with van der Waals surface area (Å²) >= 11 is 0. The van der Waals surface area contributed by atoms with Gasteiger partial charge in [-0.1, -0.05) is 52.8 Å². The highest BCUT2D eigenvalue weighted by Crippen LogP contribution is 2.32. The van der Waals surface area contributed by atoms with Gasteiger partial charge in [-0.2, -0.15) is 0 Å². The van der Waals surface area contributed by atoms with E-state index in [1.165, 1.54) is 0 Å². The van der Waals surface area contributed by atoms with E-state index in [1.807, 2.05) is 13.0 Å². The van der Waals surface area contributed by atoms with Crippen LogP contribution in [0, 0.1) is 0 Å². The molecule has 0 aliphatic rings. The molecule has 106 valence electrons. The summed E-state index contributed by atoms with van der Waals surface area (Å²) in [4.78, 5) is 11.8. The SMILES string of the molecule is CCCOC(=O)Nc1c(C(C)C)cccc1C(C)C. The fraction of sp³-hybridized carbons (Fsp3) is 0.562. The van der Waals surface area contributed by atoms with Gasteiger partial charge in [0.25, 0.3) is 0 Å². The van der Waals surface area contributed by atoms with E-state index in [0.717, 1.165) is 23.2 Å². The molecular formula is C16H25NO2. The minimum absolute atomic E-state index is 0.361. The van der Waals surface area contributed by atoms with Crippen LogP contribution in [0.2, 0.25) is 0 Å². The van der Waals surface area contributed by atoms with Crippen LogP contribution in [0.5, 0.6) is 0 Å². The zero-order valence-corrected chi connectivity index (χ0v) is 12.6. The van der Waals surface area contributed by atoms with Gasteiger partial charge in [-0.3, -0.25) is 5.32 Å². The first-order chi connectivity index (χ1) is 8.97. The maximum Gasteiger partial charge on any atom is 0.411 e. The smallest absolute Gasteiger partial charge is 0.411 e. The highest BCUT2D eigenvalue weighted by atomic mass is 16.5. The number of nitrogens with one attached hydrogen (secondary N) is 1. The third-order valence-electron chi connectivity index (χ3n) is 3.04. The highest BCUT2D eigenvalue weighted by molar-refractivity contribution is 5.87. The van der Waals surface area contributed by atoms with Crippen LogP contribution in [-0.4, -0.2) is 12.7 Å². The average Bonchev–Trinajstić information content (AvgIpc) is 2.35. The van der Waals surface area contributed by atoms with Gasteiger partial charge in [0.2, 0.25) is 0 Å². The molecule has 0 saturated heterocycles. The number of para-hydroxylation sites is 1.